The van der Waals surface area contributed by atoms with E-state index in [1.165, 1.54) is 0 Å². The van der Waals surface area contributed by atoms with Crippen molar-refractivity contribution >= 4 is 21.4 Å². The molecule has 0 saturated carbocycles. The molecule has 2 aromatic rings. The zero-order valence-corrected chi connectivity index (χ0v) is 11.4. The summed E-state index contributed by atoms with van der Waals surface area (Å²) in [6.07, 6.45) is 0.817. The van der Waals surface area contributed by atoms with E-state index >= 15 is 0 Å². The van der Waals surface area contributed by atoms with Gasteiger partial charge in [0.05, 0.1) is 10.6 Å². The van der Waals surface area contributed by atoms with Crippen LogP contribution in [-0.4, -0.2) is 8.42 Å². The van der Waals surface area contributed by atoms with Crippen molar-refractivity contribution in [3.05, 3.63) is 54.1 Å². The van der Waals surface area contributed by atoms with E-state index in [0.717, 1.165) is 12.0 Å². The highest BCUT2D eigenvalue weighted by Gasteiger charge is 2.13. The minimum atomic E-state index is -3.56. The molecule has 0 saturated heterocycles. The van der Waals surface area contributed by atoms with Crippen LogP contribution in [0.3, 0.4) is 0 Å². The Balaban J connectivity index is 2.29. The zero-order chi connectivity index (χ0) is 13.9. The first kappa shape index (κ1) is 13.4. The van der Waals surface area contributed by atoms with Crippen molar-refractivity contribution in [2.45, 2.75) is 18.2 Å². The molecule has 0 unspecified atom stereocenters. The summed E-state index contributed by atoms with van der Waals surface area (Å²) >= 11 is 0. The van der Waals surface area contributed by atoms with Crippen LogP contribution >= 0.6 is 0 Å². The average Bonchev–Trinajstić information content (AvgIpc) is 2.39. The molecule has 4 nitrogen and oxygen atoms in total. The molecule has 19 heavy (non-hydrogen) atoms. The number of aryl methyl sites for hydroxylation is 1. The van der Waals surface area contributed by atoms with Gasteiger partial charge in [0.1, 0.15) is 0 Å². The van der Waals surface area contributed by atoms with Crippen LogP contribution in [0.25, 0.3) is 0 Å². The van der Waals surface area contributed by atoms with Crippen LogP contribution in [0.4, 0.5) is 11.4 Å². The molecule has 0 radical (unpaired) electrons. The smallest absolute Gasteiger partial charge is 0.261 e. The molecule has 0 bridgehead atoms. The third-order valence-corrected chi connectivity index (χ3v) is 4.23. The fraction of sp³-hybridized carbons (Fsp3) is 0.143. The standard InChI is InChI=1S/C14H16N2O2S/c1-2-11-8-9-12(10-14(11)15)16-19(17,18)13-6-4-3-5-7-13/h3-10,16H,2,15H2,1H3. The summed E-state index contributed by atoms with van der Waals surface area (Å²) in [4.78, 5) is 0.230. The third-order valence-electron chi connectivity index (χ3n) is 2.83. The van der Waals surface area contributed by atoms with Gasteiger partial charge in [0.2, 0.25) is 0 Å². The number of anilines is 2. The maximum absolute atomic E-state index is 12.1. The Morgan fingerprint density at radius 3 is 2.37 bits per heavy atom. The van der Waals surface area contributed by atoms with Gasteiger partial charge in [-0.25, -0.2) is 8.42 Å². The first-order valence-electron chi connectivity index (χ1n) is 5.99. The van der Waals surface area contributed by atoms with Gasteiger partial charge in [-0.05, 0) is 36.2 Å². The van der Waals surface area contributed by atoms with E-state index < -0.39 is 10.0 Å². The molecule has 0 fully saturated rings. The van der Waals surface area contributed by atoms with Crippen LogP contribution in [0.2, 0.25) is 0 Å². The summed E-state index contributed by atoms with van der Waals surface area (Å²) in [5.74, 6) is 0. The molecule has 0 aliphatic heterocycles. The van der Waals surface area contributed by atoms with E-state index in [-0.39, 0.29) is 4.90 Å². The molecule has 0 aliphatic rings. The summed E-state index contributed by atoms with van der Waals surface area (Å²) in [6, 6.07) is 13.4. The van der Waals surface area contributed by atoms with Gasteiger partial charge in [0.15, 0.2) is 0 Å². The molecule has 100 valence electrons. The Kier molecular flexibility index (Phi) is 3.76. The first-order valence-corrected chi connectivity index (χ1v) is 7.47. The SMILES string of the molecule is CCc1ccc(NS(=O)(=O)c2ccccc2)cc1N. The number of sulfonamides is 1. The predicted molar refractivity (Wildman–Crippen MR) is 77.5 cm³/mol. The van der Waals surface area contributed by atoms with Crippen LogP contribution in [0.15, 0.2) is 53.4 Å². The van der Waals surface area contributed by atoms with Crippen molar-refractivity contribution in [3.63, 3.8) is 0 Å². The Labute approximate surface area is 113 Å². The molecular weight excluding hydrogens is 260 g/mol. The third kappa shape index (κ3) is 3.06. The number of nitrogen functional groups attached to an aromatic ring is 1. The lowest BCUT2D eigenvalue weighted by Crippen LogP contribution is -2.13. The second-order valence-corrected chi connectivity index (χ2v) is 5.87. The monoisotopic (exact) mass is 276 g/mol. The Bertz CT molecular complexity index is 667. The summed E-state index contributed by atoms with van der Waals surface area (Å²) in [7, 11) is -3.56. The maximum Gasteiger partial charge on any atom is 0.261 e. The number of hydrogen-bond donors (Lipinski definition) is 2. The topological polar surface area (TPSA) is 72.2 Å². The Hall–Kier alpha value is -2.01. The number of nitrogens with one attached hydrogen (secondary N) is 1. The van der Waals surface area contributed by atoms with E-state index in [0.29, 0.717) is 11.4 Å². The Morgan fingerprint density at radius 2 is 1.79 bits per heavy atom. The minimum absolute atomic E-state index is 0.230. The van der Waals surface area contributed by atoms with Gasteiger partial charge < -0.3 is 5.73 Å². The Morgan fingerprint density at radius 1 is 1.11 bits per heavy atom. The lowest BCUT2D eigenvalue weighted by atomic mass is 10.1. The highest BCUT2D eigenvalue weighted by atomic mass is 32.2. The van der Waals surface area contributed by atoms with Crippen LogP contribution in [0.5, 0.6) is 0 Å². The summed E-state index contributed by atoms with van der Waals surface area (Å²) in [5.41, 5.74) is 7.92. The predicted octanol–water partition coefficient (Wildman–Crippen LogP) is 2.63. The highest BCUT2D eigenvalue weighted by molar-refractivity contribution is 7.92. The lowest BCUT2D eigenvalue weighted by molar-refractivity contribution is 0.601. The molecule has 0 amide bonds. The summed E-state index contributed by atoms with van der Waals surface area (Å²) < 4.78 is 26.7. The second-order valence-electron chi connectivity index (χ2n) is 4.19. The fourth-order valence-electron chi connectivity index (χ4n) is 1.79. The van der Waals surface area contributed by atoms with Gasteiger partial charge in [0, 0.05) is 5.69 Å². The van der Waals surface area contributed by atoms with Crippen molar-refractivity contribution in [1.29, 1.82) is 0 Å². The van der Waals surface area contributed by atoms with E-state index in [4.69, 9.17) is 5.73 Å². The van der Waals surface area contributed by atoms with Gasteiger partial charge >= 0.3 is 0 Å². The van der Waals surface area contributed by atoms with Gasteiger partial charge in [-0.2, -0.15) is 0 Å². The molecule has 0 aliphatic carbocycles. The van der Waals surface area contributed by atoms with E-state index in [2.05, 4.69) is 4.72 Å². The minimum Gasteiger partial charge on any atom is -0.398 e. The molecule has 0 spiro atoms. The van der Waals surface area contributed by atoms with Crippen molar-refractivity contribution in [3.8, 4) is 0 Å². The first-order chi connectivity index (χ1) is 9.03. The zero-order valence-electron chi connectivity index (χ0n) is 10.6. The summed E-state index contributed by atoms with van der Waals surface area (Å²) in [6.45, 7) is 2.00. The van der Waals surface area contributed by atoms with Gasteiger partial charge in [-0.3, -0.25) is 4.72 Å². The highest BCUT2D eigenvalue weighted by Crippen LogP contribution is 2.21. The van der Waals surface area contributed by atoms with E-state index in [1.54, 1.807) is 42.5 Å². The number of benzene rings is 2. The van der Waals surface area contributed by atoms with Crippen LogP contribution < -0.4 is 10.5 Å². The number of hydrogen-bond acceptors (Lipinski definition) is 3. The van der Waals surface area contributed by atoms with Crippen LogP contribution in [0, 0.1) is 0 Å². The maximum atomic E-state index is 12.1. The van der Waals surface area contributed by atoms with Gasteiger partial charge in [-0.15, -0.1) is 0 Å². The van der Waals surface area contributed by atoms with Gasteiger partial charge in [0.25, 0.3) is 10.0 Å². The van der Waals surface area contributed by atoms with E-state index in [9.17, 15) is 8.42 Å². The van der Waals surface area contributed by atoms with E-state index in [1.807, 2.05) is 13.0 Å². The molecule has 3 N–H and O–H groups in total. The normalized spacial score (nSPS) is 11.2. The fourth-order valence-corrected chi connectivity index (χ4v) is 2.86. The average molecular weight is 276 g/mol. The van der Waals surface area contributed by atoms with Crippen LogP contribution in [0.1, 0.15) is 12.5 Å². The number of rotatable bonds is 4. The molecule has 0 heterocycles. The number of nitrogens with two attached hydrogens (primary N) is 1. The van der Waals surface area contributed by atoms with Gasteiger partial charge in [-0.1, -0.05) is 31.2 Å². The molecule has 0 atom stereocenters. The van der Waals surface area contributed by atoms with Crippen molar-refractivity contribution in [1.82, 2.24) is 0 Å². The second kappa shape index (κ2) is 5.32. The van der Waals surface area contributed by atoms with Crippen molar-refractivity contribution in [2.24, 2.45) is 0 Å². The van der Waals surface area contributed by atoms with Crippen LogP contribution in [-0.2, 0) is 16.4 Å². The molecular formula is C14H16N2O2S. The molecule has 2 rings (SSSR count). The molecule has 5 heteroatoms. The lowest BCUT2D eigenvalue weighted by Gasteiger charge is -2.10. The molecule has 0 aromatic heterocycles. The molecule has 2 aromatic carbocycles. The van der Waals surface area contributed by atoms with Crippen molar-refractivity contribution < 1.29 is 8.42 Å². The van der Waals surface area contributed by atoms with Crippen molar-refractivity contribution in [2.75, 3.05) is 10.5 Å². The summed E-state index contributed by atoms with van der Waals surface area (Å²) in [5, 5.41) is 0. The quantitative estimate of drug-likeness (QED) is 0.843. The largest absolute Gasteiger partial charge is 0.398 e.